The first-order valence-electron chi connectivity index (χ1n) is 6.96. The normalized spacial score (nSPS) is 22.1. The molecule has 1 aromatic rings. The van der Waals surface area contributed by atoms with Gasteiger partial charge in [0.1, 0.15) is 6.04 Å². The van der Waals surface area contributed by atoms with E-state index in [0.29, 0.717) is 24.1 Å². The van der Waals surface area contributed by atoms with Gasteiger partial charge in [0.15, 0.2) is 0 Å². The van der Waals surface area contributed by atoms with Crippen LogP contribution in [0.4, 0.5) is 0 Å². The summed E-state index contributed by atoms with van der Waals surface area (Å²) in [4.78, 5) is 35.5. The maximum absolute atomic E-state index is 12.1. The molecule has 1 aliphatic carbocycles. The zero-order valence-corrected chi connectivity index (χ0v) is 14.4. The Morgan fingerprint density at radius 1 is 1.36 bits per heavy atom. The van der Waals surface area contributed by atoms with Crippen molar-refractivity contribution in [2.45, 2.75) is 38.3 Å². The van der Waals surface area contributed by atoms with Crippen molar-refractivity contribution in [3.63, 3.8) is 0 Å². The summed E-state index contributed by atoms with van der Waals surface area (Å²) >= 11 is 4.58. The Morgan fingerprint density at radius 3 is 2.64 bits per heavy atom. The van der Waals surface area contributed by atoms with Gasteiger partial charge in [0.2, 0.25) is 5.91 Å². The molecular weight excluding hydrogens is 372 g/mol. The van der Waals surface area contributed by atoms with E-state index in [9.17, 15) is 14.4 Å². The summed E-state index contributed by atoms with van der Waals surface area (Å²) in [6, 6.07) is 2.65. The molecule has 1 unspecified atom stereocenters. The molecule has 0 aromatic carbocycles. The molecule has 0 bridgehead atoms. The third-order valence-electron chi connectivity index (χ3n) is 3.67. The lowest BCUT2D eigenvalue weighted by Crippen LogP contribution is -2.47. The second-order valence-corrected chi connectivity index (χ2v) is 7.82. The number of carbonyl (C=O) groups is 3. The van der Waals surface area contributed by atoms with Crippen LogP contribution in [0.15, 0.2) is 15.9 Å². The number of nitrogens with one attached hydrogen (secondary N) is 2. The summed E-state index contributed by atoms with van der Waals surface area (Å²) in [7, 11) is 0. The highest BCUT2D eigenvalue weighted by Gasteiger charge is 2.31. The molecule has 8 heteroatoms. The zero-order valence-electron chi connectivity index (χ0n) is 12.0. The molecule has 1 aromatic heterocycles. The van der Waals surface area contributed by atoms with Gasteiger partial charge in [-0.2, -0.15) is 0 Å². The highest BCUT2D eigenvalue weighted by atomic mass is 79.9. The maximum Gasteiger partial charge on any atom is 0.306 e. The van der Waals surface area contributed by atoms with Gasteiger partial charge < -0.3 is 15.7 Å². The molecule has 1 fully saturated rings. The third kappa shape index (κ3) is 4.30. The van der Waals surface area contributed by atoms with Crippen molar-refractivity contribution < 1.29 is 19.5 Å². The lowest BCUT2D eigenvalue weighted by atomic mass is 10.1. The van der Waals surface area contributed by atoms with Crippen molar-refractivity contribution in [3.8, 4) is 0 Å². The number of carboxylic acids is 1. The quantitative estimate of drug-likeness (QED) is 0.718. The van der Waals surface area contributed by atoms with Crippen molar-refractivity contribution in [2.24, 2.45) is 5.92 Å². The molecule has 1 heterocycles. The molecule has 0 radical (unpaired) electrons. The molecular formula is C14H17BrN2O4S. The van der Waals surface area contributed by atoms with Crippen LogP contribution in [0.2, 0.25) is 0 Å². The monoisotopic (exact) mass is 388 g/mol. The highest BCUT2D eigenvalue weighted by Crippen LogP contribution is 2.25. The van der Waals surface area contributed by atoms with E-state index < -0.39 is 17.9 Å². The fraction of sp³-hybridized carbons (Fsp3) is 0.500. The second-order valence-electron chi connectivity index (χ2n) is 5.35. The van der Waals surface area contributed by atoms with Crippen LogP contribution in [-0.2, 0) is 9.59 Å². The predicted octanol–water partition coefficient (Wildman–Crippen LogP) is 2.00. The van der Waals surface area contributed by atoms with Crippen LogP contribution in [-0.4, -0.2) is 35.0 Å². The summed E-state index contributed by atoms with van der Waals surface area (Å²) < 4.78 is 0.848. The minimum Gasteiger partial charge on any atom is -0.481 e. The average Bonchev–Trinajstić information content (AvgIpc) is 3.07. The van der Waals surface area contributed by atoms with Gasteiger partial charge in [0.25, 0.3) is 5.91 Å². The topological polar surface area (TPSA) is 95.5 Å². The van der Waals surface area contributed by atoms with Crippen LogP contribution < -0.4 is 10.6 Å². The van der Waals surface area contributed by atoms with E-state index >= 15 is 0 Å². The average molecular weight is 389 g/mol. The Labute approximate surface area is 140 Å². The van der Waals surface area contributed by atoms with Crippen molar-refractivity contribution in [1.29, 1.82) is 0 Å². The van der Waals surface area contributed by atoms with E-state index in [-0.39, 0.29) is 17.9 Å². The van der Waals surface area contributed by atoms with E-state index in [1.54, 1.807) is 19.1 Å². The van der Waals surface area contributed by atoms with E-state index in [1.807, 2.05) is 0 Å². The first-order chi connectivity index (χ1) is 10.4. The van der Waals surface area contributed by atoms with Crippen molar-refractivity contribution >= 4 is 45.1 Å². The Balaban J connectivity index is 1.82. The number of hydrogen-bond donors (Lipinski definition) is 3. The summed E-state index contributed by atoms with van der Waals surface area (Å²) in [6.45, 7) is 1.61. The Bertz CT molecular complexity index is 589. The lowest BCUT2D eigenvalue weighted by Gasteiger charge is -2.17. The summed E-state index contributed by atoms with van der Waals surface area (Å²) in [5.41, 5.74) is 0. The fourth-order valence-electron chi connectivity index (χ4n) is 2.43. The van der Waals surface area contributed by atoms with E-state index in [1.165, 1.54) is 11.3 Å². The Morgan fingerprint density at radius 2 is 2.09 bits per heavy atom. The summed E-state index contributed by atoms with van der Waals surface area (Å²) in [6.07, 6.45) is 1.67. The van der Waals surface area contributed by atoms with Gasteiger partial charge in [-0.3, -0.25) is 14.4 Å². The molecule has 3 N–H and O–H groups in total. The molecule has 0 aliphatic heterocycles. The van der Waals surface area contributed by atoms with Crippen molar-refractivity contribution in [3.05, 3.63) is 20.8 Å². The molecule has 1 aliphatic rings. The number of aliphatic carboxylic acids is 1. The number of thiophene rings is 1. The fourth-order valence-corrected chi connectivity index (χ4v) is 3.72. The van der Waals surface area contributed by atoms with Gasteiger partial charge in [0.05, 0.1) is 14.6 Å². The van der Waals surface area contributed by atoms with Crippen molar-refractivity contribution in [1.82, 2.24) is 10.6 Å². The molecule has 2 amide bonds. The van der Waals surface area contributed by atoms with Gasteiger partial charge in [0, 0.05) is 6.04 Å². The van der Waals surface area contributed by atoms with E-state index in [0.717, 1.165) is 3.79 Å². The molecule has 22 heavy (non-hydrogen) atoms. The van der Waals surface area contributed by atoms with E-state index in [4.69, 9.17) is 5.11 Å². The van der Waals surface area contributed by atoms with Gasteiger partial charge >= 0.3 is 5.97 Å². The number of amides is 2. The van der Waals surface area contributed by atoms with Gasteiger partial charge in [-0.05, 0) is 54.2 Å². The SMILES string of the molecule is CC(NC(=O)c1ccc(Br)s1)C(=O)N[C@@H]1CC[C@H](C(=O)O)C1. The minimum absolute atomic E-state index is 0.135. The molecule has 120 valence electrons. The van der Waals surface area contributed by atoms with Crippen LogP contribution in [0, 0.1) is 5.92 Å². The molecule has 0 saturated heterocycles. The standard InChI is InChI=1S/C14H17BrN2O4S/c1-7(16-13(19)10-4-5-11(15)22-10)12(18)17-9-3-2-8(6-9)14(20)21/h4-5,7-9H,2-3,6H2,1H3,(H,16,19)(H,17,18)(H,20,21)/t7?,8-,9+/m0/s1. The lowest BCUT2D eigenvalue weighted by molar-refractivity contribution is -0.141. The smallest absolute Gasteiger partial charge is 0.306 e. The molecule has 1 saturated carbocycles. The van der Waals surface area contributed by atoms with Gasteiger partial charge in [-0.15, -0.1) is 11.3 Å². The molecule has 2 rings (SSSR count). The number of carboxylic acid groups (broad SMARTS) is 1. The van der Waals surface area contributed by atoms with E-state index in [2.05, 4.69) is 26.6 Å². The summed E-state index contributed by atoms with van der Waals surface area (Å²) in [5, 5.41) is 14.4. The highest BCUT2D eigenvalue weighted by molar-refractivity contribution is 9.11. The number of halogens is 1. The number of carbonyl (C=O) groups excluding carboxylic acids is 2. The second kappa shape index (κ2) is 7.23. The maximum atomic E-state index is 12.1. The predicted molar refractivity (Wildman–Crippen MR) is 85.9 cm³/mol. The largest absolute Gasteiger partial charge is 0.481 e. The van der Waals surface area contributed by atoms with Crippen LogP contribution in [0.5, 0.6) is 0 Å². The van der Waals surface area contributed by atoms with Gasteiger partial charge in [-0.1, -0.05) is 0 Å². The number of hydrogen-bond acceptors (Lipinski definition) is 4. The zero-order chi connectivity index (χ0) is 16.3. The third-order valence-corrected chi connectivity index (χ3v) is 5.29. The van der Waals surface area contributed by atoms with Gasteiger partial charge in [-0.25, -0.2) is 0 Å². The number of rotatable bonds is 5. The minimum atomic E-state index is -0.818. The van der Waals surface area contributed by atoms with Crippen LogP contribution >= 0.6 is 27.3 Å². The molecule has 6 nitrogen and oxygen atoms in total. The first-order valence-corrected chi connectivity index (χ1v) is 8.57. The van der Waals surface area contributed by atoms with Crippen molar-refractivity contribution in [2.75, 3.05) is 0 Å². The van der Waals surface area contributed by atoms with Crippen LogP contribution in [0.3, 0.4) is 0 Å². The van der Waals surface area contributed by atoms with Crippen LogP contribution in [0.25, 0.3) is 0 Å². The van der Waals surface area contributed by atoms with Crippen LogP contribution in [0.1, 0.15) is 35.9 Å². The molecule has 0 spiro atoms. The Kier molecular flexibility index (Phi) is 5.57. The molecule has 3 atom stereocenters. The Hall–Kier alpha value is -1.41. The summed E-state index contributed by atoms with van der Waals surface area (Å²) in [5.74, 6) is -1.80. The first kappa shape index (κ1) is 17.0.